The highest BCUT2D eigenvalue weighted by Gasteiger charge is 2.13. The average Bonchev–Trinajstić information content (AvgIpc) is 2.80. The summed E-state index contributed by atoms with van der Waals surface area (Å²) >= 11 is 0. The van der Waals surface area contributed by atoms with E-state index >= 15 is 0 Å². The number of hydrogen-bond donors (Lipinski definition) is 3. The third kappa shape index (κ3) is 7.89. The number of ether oxygens (including phenoxy) is 3. The van der Waals surface area contributed by atoms with Crippen LogP contribution in [0.25, 0.3) is 0 Å². The van der Waals surface area contributed by atoms with Gasteiger partial charge >= 0.3 is 11.8 Å². The Morgan fingerprint density at radius 1 is 0.971 bits per heavy atom. The molecule has 10 nitrogen and oxygen atoms in total. The molecule has 0 radical (unpaired) electrons. The molecule has 2 aromatic rings. The number of methoxy groups -OCH3 is 2. The summed E-state index contributed by atoms with van der Waals surface area (Å²) in [4.78, 5) is 35.7. The van der Waals surface area contributed by atoms with Crippen LogP contribution in [0.3, 0.4) is 0 Å². The summed E-state index contributed by atoms with van der Waals surface area (Å²) in [7, 11) is 2.96. The van der Waals surface area contributed by atoms with Gasteiger partial charge in [-0.25, -0.2) is 5.43 Å². The maximum atomic E-state index is 12.4. The van der Waals surface area contributed by atoms with E-state index in [1.807, 2.05) is 32.9 Å². The van der Waals surface area contributed by atoms with Crippen molar-refractivity contribution >= 4 is 29.6 Å². The highest BCUT2D eigenvalue weighted by Crippen LogP contribution is 2.28. The largest absolute Gasteiger partial charge is 0.493 e. The summed E-state index contributed by atoms with van der Waals surface area (Å²) in [6, 6.07) is 8.91. The second-order valence-corrected chi connectivity index (χ2v) is 7.47. The molecule has 0 atom stereocenters. The molecule has 2 aromatic carbocycles. The number of amides is 3. The number of rotatable bonds is 10. The predicted molar refractivity (Wildman–Crippen MR) is 128 cm³/mol. The molecule has 182 valence electrons. The second-order valence-electron chi connectivity index (χ2n) is 7.47. The first kappa shape index (κ1) is 26.3. The number of nitrogens with one attached hydrogen (secondary N) is 3. The maximum Gasteiger partial charge on any atom is 0.329 e. The third-order valence-corrected chi connectivity index (χ3v) is 4.67. The van der Waals surface area contributed by atoms with Gasteiger partial charge in [-0.2, -0.15) is 5.10 Å². The Bertz CT molecular complexity index is 1040. The molecule has 34 heavy (non-hydrogen) atoms. The minimum absolute atomic E-state index is 0.204. The quantitative estimate of drug-likeness (QED) is 0.211. The molecular formula is C24H30N4O6. The summed E-state index contributed by atoms with van der Waals surface area (Å²) in [5, 5.41) is 9.03. The molecule has 0 fully saturated rings. The van der Waals surface area contributed by atoms with E-state index < -0.39 is 11.8 Å². The van der Waals surface area contributed by atoms with Gasteiger partial charge in [-0.3, -0.25) is 14.4 Å². The molecule has 0 aromatic heterocycles. The van der Waals surface area contributed by atoms with Gasteiger partial charge in [0.25, 0.3) is 5.91 Å². The summed E-state index contributed by atoms with van der Waals surface area (Å²) in [5.41, 5.74) is 6.58. The molecular weight excluding hydrogens is 440 g/mol. The van der Waals surface area contributed by atoms with Crippen LogP contribution in [-0.2, 0) is 19.1 Å². The van der Waals surface area contributed by atoms with Crippen LogP contribution in [-0.4, -0.2) is 57.9 Å². The van der Waals surface area contributed by atoms with Gasteiger partial charge in [0.1, 0.15) is 0 Å². The molecule has 10 heteroatoms. The summed E-state index contributed by atoms with van der Waals surface area (Å²) < 4.78 is 15.7. The molecule has 0 unspecified atom stereocenters. The number of benzene rings is 2. The van der Waals surface area contributed by atoms with Gasteiger partial charge in [-0.15, -0.1) is 0 Å². The Balaban J connectivity index is 1.93. The number of carbonyl (C=O) groups is 3. The zero-order valence-corrected chi connectivity index (χ0v) is 20.0. The molecule has 0 saturated carbocycles. The Labute approximate surface area is 198 Å². The van der Waals surface area contributed by atoms with Crippen molar-refractivity contribution in [3.05, 3.63) is 52.6 Å². The predicted octanol–water partition coefficient (Wildman–Crippen LogP) is 1.85. The number of aryl methyl sites for hydroxylation is 3. The van der Waals surface area contributed by atoms with Crippen molar-refractivity contribution in [2.75, 3.05) is 39.3 Å². The standard InChI is InChI=1S/C24H30N4O6/c1-15-10-16(2)22(17(3)11-15)27-21(29)14-34-19-7-6-18(12-20(19)33-5)13-26-28-24(31)23(30)25-8-9-32-4/h6-7,10-13H,8-9,14H2,1-5H3,(H,25,30)(H,27,29)(H,28,31)/b26-13-. The third-order valence-electron chi connectivity index (χ3n) is 4.67. The van der Waals surface area contributed by atoms with Gasteiger partial charge in [0.15, 0.2) is 18.1 Å². The van der Waals surface area contributed by atoms with Gasteiger partial charge in [0.05, 0.1) is 19.9 Å². The molecule has 3 amide bonds. The first-order chi connectivity index (χ1) is 16.2. The smallest absolute Gasteiger partial charge is 0.329 e. The Kier molecular flexibility index (Phi) is 10.0. The van der Waals surface area contributed by atoms with Crippen molar-refractivity contribution in [1.29, 1.82) is 0 Å². The van der Waals surface area contributed by atoms with Crippen molar-refractivity contribution in [1.82, 2.24) is 10.7 Å². The van der Waals surface area contributed by atoms with Crippen molar-refractivity contribution in [2.24, 2.45) is 5.10 Å². The summed E-state index contributed by atoms with van der Waals surface area (Å²) in [5.74, 6) is -1.26. The van der Waals surface area contributed by atoms with Crippen molar-refractivity contribution < 1.29 is 28.6 Å². The number of nitrogens with zero attached hydrogens (tertiary/aromatic N) is 1. The first-order valence-corrected chi connectivity index (χ1v) is 10.5. The van der Waals surface area contributed by atoms with Crippen LogP contribution in [0.1, 0.15) is 22.3 Å². The van der Waals surface area contributed by atoms with Crippen LogP contribution >= 0.6 is 0 Å². The van der Waals surface area contributed by atoms with Crippen molar-refractivity contribution in [2.45, 2.75) is 20.8 Å². The fourth-order valence-corrected chi connectivity index (χ4v) is 3.14. The fourth-order valence-electron chi connectivity index (χ4n) is 3.14. The summed E-state index contributed by atoms with van der Waals surface area (Å²) in [6.07, 6.45) is 1.35. The van der Waals surface area contributed by atoms with Crippen LogP contribution in [0, 0.1) is 20.8 Å². The van der Waals surface area contributed by atoms with E-state index in [4.69, 9.17) is 14.2 Å². The number of hydrazone groups is 1. The van der Waals surface area contributed by atoms with Crippen LogP contribution in [0.4, 0.5) is 5.69 Å². The van der Waals surface area contributed by atoms with E-state index in [1.54, 1.807) is 18.2 Å². The monoisotopic (exact) mass is 470 g/mol. The SMILES string of the molecule is COCCNC(=O)C(=O)N/N=C\c1ccc(OCC(=O)Nc2c(C)cc(C)cc2C)c(OC)c1. The molecule has 0 aliphatic rings. The van der Waals surface area contributed by atoms with E-state index in [-0.39, 0.29) is 19.1 Å². The molecule has 0 saturated heterocycles. The lowest BCUT2D eigenvalue weighted by Crippen LogP contribution is -2.39. The zero-order chi connectivity index (χ0) is 25.1. The van der Waals surface area contributed by atoms with Gasteiger partial charge in [0, 0.05) is 19.3 Å². The Morgan fingerprint density at radius 3 is 2.32 bits per heavy atom. The molecule has 3 N–H and O–H groups in total. The summed E-state index contributed by atoms with van der Waals surface area (Å²) in [6.45, 7) is 6.19. The van der Waals surface area contributed by atoms with Gasteiger partial charge in [-0.05, 0) is 55.7 Å². The molecule has 0 aliphatic carbocycles. The van der Waals surface area contributed by atoms with E-state index in [0.29, 0.717) is 23.7 Å². The lowest BCUT2D eigenvalue weighted by atomic mass is 10.1. The molecule has 0 spiro atoms. The Hall–Kier alpha value is -3.92. The van der Waals surface area contributed by atoms with Gasteiger partial charge in [0.2, 0.25) is 0 Å². The topological polar surface area (TPSA) is 127 Å². The van der Waals surface area contributed by atoms with Gasteiger partial charge < -0.3 is 24.8 Å². The van der Waals surface area contributed by atoms with Crippen molar-refractivity contribution in [3.63, 3.8) is 0 Å². The zero-order valence-electron chi connectivity index (χ0n) is 20.0. The molecule has 0 heterocycles. The maximum absolute atomic E-state index is 12.4. The first-order valence-electron chi connectivity index (χ1n) is 10.5. The molecule has 0 aliphatic heterocycles. The van der Waals surface area contributed by atoms with Crippen LogP contribution in [0.15, 0.2) is 35.4 Å². The lowest BCUT2D eigenvalue weighted by molar-refractivity contribution is -0.139. The van der Waals surface area contributed by atoms with Crippen molar-refractivity contribution in [3.8, 4) is 11.5 Å². The van der Waals surface area contributed by atoms with E-state index in [1.165, 1.54) is 20.4 Å². The molecule has 0 bridgehead atoms. The fraction of sp³-hybridized carbons (Fsp3) is 0.333. The van der Waals surface area contributed by atoms with Crippen LogP contribution in [0.5, 0.6) is 11.5 Å². The minimum atomic E-state index is -0.899. The van der Waals surface area contributed by atoms with Crippen LogP contribution in [0.2, 0.25) is 0 Å². The lowest BCUT2D eigenvalue weighted by Gasteiger charge is -2.14. The number of hydrogen-bond acceptors (Lipinski definition) is 7. The minimum Gasteiger partial charge on any atom is -0.493 e. The van der Waals surface area contributed by atoms with Crippen LogP contribution < -0.4 is 25.5 Å². The normalized spacial score (nSPS) is 10.6. The van der Waals surface area contributed by atoms with E-state index in [9.17, 15) is 14.4 Å². The average molecular weight is 471 g/mol. The Morgan fingerprint density at radius 2 is 1.68 bits per heavy atom. The van der Waals surface area contributed by atoms with Gasteiger partial charge in [-0.1, -0.05) is 17.7 Å². The number of carbonyl (C=O) groups excluding carboxylic acids is 3. The second kappa shape index (κ2) is 12.9. The van der Waals surface area contributed by atoms with E-state index in [2.05, 4.69) is 21.2 Å². The highest BCUT2D eigenvalue weighted by molar-refractivity contribution is 6.35. The number of anilines is 1. The van der Waals surface area contributed by atoms with E-state index in [0.717, 1.165) is 22.4 Å². The molecule has 2 rings (SSSR count). The highest BCUT2D eigenvalue weighted by atomic mass is 16.5.